The minimum Gasteiger partial charge on any atom is -0.381 e. The molecule has 5 nitrogen and oxygen atoms in total. The van der Waals surface area contributed by atoms with Gasteiger partial charge >= 0.3 is 0 Å². The second kappa shape index (κ2) is 8.73. The van der Waals surface area contributed by atoms with Crippen molar-refractivity contribution in [3.8, 4) is 0 Å². The number of nitrogens with zero attached hydrogens (tertiary/aromatic N) is 3. The van der Waals surface area contributed by atoms with Gasteiger partial charge in [0, 0.05) is 35.8 Å². The highest BCUT2D eigenvalue weighted by molar-refractivity contribution is 6.28. The van der Waals surface area contributed by atoms with Crippen LogP contribution in [0.15, 0.2) is 30.5 Å². The van der Waals surface area contributed by atoms with Crippen molar-refractivity contribution >= 4 is 28.3 Å². The molecule has 30 heavy (non-hydrogen) atoms. The van der Waals surface area contributed by atoms with Crippen LogP contribution in [0.25, 0.3) is 10.9 Å². The first kappa shape index (κ1) is 20.8. The van der Waals surface area contributed by atoms with E-state index in [4.69, 9.17) is 16.3 Å². The molecule has 0 radical (unpaired) electrons. The molecule has 1 saturated heterocycles. The van der Waals surface area contributed by atoms with E-state index in [0.29, 0.717) is 29.9 Å². The van der Waals surface area contributed by atoms with E-state index in [1.807, 2.05) is 6.07 Å². The smallest absolute Gasteiger partial charge is 0.266 e. The predicted molar refractivity (Wildman–Crippen MR) is 109 cm³/mol. The lowest BCUT2D eigenvalue weighted by Gasteiger charge is -2.22. The number of ether oxygens (including phenoxy) is 1. The highest BCUT2D eigenvalue weighted by Gasteiger charge is 2.22. The fraction of sp³-hybridized carbons (Fsp3) is 0.381. The number of halogens is 4. The van der Waals surface area contributed by atoms with Crippen LogP contribution < -0.4 is 5.32 Å². The fourth-order valence-corrected chi connectivity index (χ4v) is 3.88. The summed E-state index contributed by atoms with van der Waals surface area (Å²) in [6, 6.07) is 5.24. The van der Waals surface area contributed by atoms with E-state index >= 15 is 0 Å². The third-order valence-corrected chi connectivity index (χ3v) is 5.50. The van der Waals surface area contributed by atoms with E-state index in [2.05, 4.69) is 20.3 Å². The normalized spacial score (nSPS) is 16.2. The number of alkyl halides is 2. The van der Waals surface area contributed by atoms with Gasteiger partial charge in [0.2, 0.25) is 5.28 Å². The first-order chi connectivity index (χ1) is 14.4. The van der Waals surface area contributed by atoms with Gasteiger partial charge in [-0.05, 0) is 37.4 Å². The van der Waals surface area contributed by atoms with Crippen LogP contribution in [-0.2, 0) is 4.74 Å². The quantitative estimate of drug-likeness (QED) is 0.510. The zero-order valence-corrected chi connectivity index (χ0v) is 17.0. The molecule has 0 saturated carbocycles. The van der Waals surface area contributed by atoms with Gasteiger partial charge in [0.1, 0.15) is 11.6 Å². The summed E-state index contributed by atoms with van der Waals surface area (Å²) in [5, 5.41) is 3.81. The number of fused-ring (bicyclic) bond motifs is 1. The molecule has 3 heterocycles. The first-order valence-electron chi connectivity index (χ1n) is 9.68. The molecule has 1 aliphatic rings. The van der Waals surface area contributed by atoms with Gasteiger partial charge in [-0.2, -0.15) is 0 Å². The third-order valence-electron chi connectivity index (χ3n) is 5.33. The monoisotopic (exact) mass is 436 g/mol. The Morgan fingerprint density at radius 2 is 1.90 bits per heavy atom. The summed E-state index contributed by atoms with van der Waals surface area (Å²) >= 11 is 6.06. The zero-order chi connectivity index (χ0) is 21.3. The summed E-state index contributed by atoms with van der Waals surface area (Å²) in [5.41, 5.74) is 0.938. The summed E-state index contributed by atoms with van der Waals surface area (Å²) in [4.78, 5) is 13.0. The molecule has 1 aromatic carbocycles. The average Bonchev–Trinajstić information content (AvgIpc) is 2.74. The SMILES string of the molecule is C[C@@H](Nc1nc(Cl)nc2cnc(C3CCOCC3)cc12)c1cccc(C(F)F)c1F. The molecule has 9 heteroatoms. The minimum atomic E-state index is -2.89. The number of anilines is 1. The van der Waals surface area contributed by atoms with Crippen LogP contribution in [0.1, 0.15) is 55.0 Å². The van der Waals surface area contributed by atoms with Crippen molar-refractivity contribution in [3.05, 3.63) is 58.4 Å². The Morgan fingerprint density at radius 3 is 2.63 bits per heavy atom. The van der Waals surface area contributed by atoms with Gasteiger partial charge in [-0.3, -0.25) is 4.98 Å². The highest BCUT2D eigenvalue weighted by Crippen LogP contribution is 2.33. The molecule has 0 bridgehead atoms. The maximum Gasteiger partial charge on any atom is 0.266 e. The second-order valence-electron chi connectivity index (χ2n) is 7.27. The topological polar surface area (TPSA) is 59.9 Å². The molecule has 0 amide bonds. The number of nitrogens with one attached hydrogen (secondary N) is 1. The number of rotatable bonds is 5. The van der Waals surface area contributed by atoms with Crippen LogP contribution in [0.2, 0.25) is 5.28 Å². The molecule has 1 fully saturated rings. The van der Waals surface area contributed by atoms with E-state index < -0.39 is 23.8 Å². The maximum atomic E-state index is 14.6. The molecular weight excluding hydrogens is 417 g/mol. The Morgan fingerprint density at radius 1 is 1.17 bits per heavy atom. The van der Waals surface area contributed by atoms with Crippen molar-refractivity contribution in [2.24, 2.45) is 0 Å². The third kappa shape index (κ3) is 4.20. The van der Waals surface area contributed by atoms with Crippen molar-refractivity contribution in [3.63, 3.8) is 0 Å². The van der Waals surface area contributed by atoms with E-state index in [0.717, 1.165) is 24.6 Å². The number of benzene rings is 1. The average molecular weight is 437 g/mol. The van der Waals surface area contributed by atoms with E-state index in [1.54, 1.807) is 13.1 Å². The van der Waals surface area contributed by atoms with Crippen LogP contribution in [0.4, 0.5) is 19.0 Å². The van der Waals surface area contributed by atoms with E-state index in [1.165, 1.54) is 12.1 Å². The van der Waals surface area contributed by atoms with Gasteiger partial charge in [0.15, 0.2) is 0 Å². The molecule has 3 aromatic rings. The summed E-state index contributed by atoms with van der Waals surface area (Å²) in [7, 11) is 0. The van der Waals surface area contributed by atoms with Crippen LogP contribution in [0.3, 0.4) is 0 Å². The Labute approximate surface area is 176 Å². The van der Waals surface area contributed by atoms with Crippen LogP contribution in [0, 0.1) is 5.82 Å². The van der Waals surface area contributed by atoms with Gasteiger partial charge < -0.3 is 10.1 Å². The standard InChI is InChI=1S/C21H20ClF3N4O/c1-11(13-3-2-4-14(18(13)23)19(24)25)27-20-15-9-16(12-5-7-30-8-6-12)26-10-17(15)28-21(22)29-20/h2-4,9-12,19H,5-8H2,1H3,(H,27,28,29)/t11-/m1/s1. The second-order valence-corrected chi connectivity index (χ2v) is 7.61. The number of aromatic nitrogens is 3. The zero-order valence-electron chi connectivity index (χ0n) is 16.2. The van der Waals surface area contributed by atoms with Crippen LogP contribution >= 0.6 is 11.6 Å². The molecule has 0 spiro atoms. The molecule has 4 rings (SSSR count). The van der Waals surface area contributed by atoms with Gasteiger partial charge in [0.25, 0.3) is 6.43 Å². The van der Waals surface area contributed by atoms with Crippen molar-refractivity contribution in [2.75, 3.05) is 18.5 Å². The number of pyridine rings is 1. The summed E-state index contributed by atoms with van der Waals surface area (Å²) in [6.07, 6.45) is 0.497. The summed E-state index contributed by atoms with van der Waals surface area (Å²) < 4.78 is 46.1. The van der Waals surface area contributed by atoms with Gasteiger partial charge in [-0.15, -0.1) is 0 Å². The van der Waals surface area contributed by atoms with Gasteiger partial charge in [-0.25, -0.2) is 23.1 Å². The van der Waals surface area contributed by atoms with Crippen LogP contribution in [-0.4, -0.2) is 28.2 Å². The van der Waals surface area contributed by atoms with Crippen molar-refractivity contribution < 1.29 is 17.9 Å². The lowest BCUT2D eigenvalue weighted by molar-refractivity contribution is 0.0845. The molecule has 1 atom stereocenters. The molecular formula is C21H20ClF3N4O. The molecule has 0 aliphatic carbocycles. The largest absolute Gasteiger partial charge is 0.381 e. The Hall–Kier alpha value is -2.45. The first-order valence-corrected chi connectivity index (χ1v) is 10.1. The highest BCUT2D eigenvalue weighted by atomic mass is 35.5. The fourth-order valence-electron chi connectivity index (χ4n) is 3.70. The molecule has 2 aromatic heterocycles. The van der Waals surface area contributed by atoms with Crippen LogP contribution in [0.5, 0.6) is 0 Å². The van der Waals surface area contributed by atoms with Crippen molar-refractivity contribution in [2.45, 2.75) is 38.2 Å². The van der Waals surface area contributed by atoms with Gasteiger partial charge in [0.05, 0.1) is 23.3 Å². The number of hydrogen-bond acceptors (Lipinski definition) is 5. The summed E-state index contributed by atoms with van der Waals surface area (Å²) in [5.74, 6) is -0.263. The van der Waals surface area contributed by atoms with Crippen molar-refractivity contribution in [1.82, 2.24) is 15.0 Å². The van der Waals surface area contributed by atoms with E-state index in [9.17, 15) is 13.2 Å². The molecule has 1 aliphatic heterocycles. The van der Waals surface area contributed by atoms with Gasteiger partial charge in [-0.1, -0.05) is 18.2 Å². The number of hydrogen-bond donors (Lipinski definition) is 1. The molecule has 158 valence electrons. The predicted octanol–water partition coefficient (Wildman–Crippen LogP) is 5.82. The Kier molecular flexibility index (Phi) is 6.06. The van der Waals surface area contributed by atoms with Crippen molar-refractivity contribution in [1.29, 1.82) is 0 Å². The Balaban J connectivity index is 1.70. The minimum absolute atomic E-state index is 0.0135. The Bertz CT molecular complexity index is 1060. The molecule has 0 unspecified atom stereocenters. The molecule has 1 N–H and O–H groups in total. The lowest BCUT2D eigenvalue weighted by Crippen LogP contribution is -2.15. The maximum absolute atomic E-state index is 14.6. The van der Waals surface area contributed by atoms with E-state index in [-0.39, 0.29) is 16.8 Å². The lowest BCUT2D eigenvalue weighted by atomic mass is 9.95. The summed E-state index contributed by atoms with van der Waals surface area (Å²) in [6.45, 7) is 3.04.